The smallest absolute Gasteiger partial charge is 0.246 e. The molecule has 0 radical (unpaired) electrons. The highest BCUT2D eigenvalue weighted by atomic mass is 16.2. The van der Waals surface area contributed by atoms with E-state index in [1.165, 1.54) is 0 Å². The van der Waals surface area contributed by atoms with E-state index < -0.39 is 0 Å². The van der Waals surface area contributed by atoms with Gasteiger partial charge < -0.3 is 15.5 Å². The monoisotopic (exact) mass is 259 g/mol. The van der Waals surface area contributed by atoms with Crippen molar-refractivity contribution in [2.45, 2.75) is 26.3 Å². The first kappa shape index (κ1) is 12.3. The molecular formula is C15H21N3O. The van der Waals surface area contributed by atoms with E-state index in [2.05, 4.69) is 24.5 Å². The summed E-state index contributed by atoms with van der Waals surface area (Å²) in [4.78, 5) is 14.5. The number of carbonyl (C=O) groups excluding carboxylic acids is 1. The van der Waals surface area contributed by atoms with Gasteiger partial charge in [-0.15, -0.1) is 0 Å². The van der Waals surface area contributed by atoms with Crippen LogP contribution in [-0.4, -0.2) is 36.5 Å². The number of rotatable bonds is 1. The summed E-state index contributed by atoms with van der Waals surface area (Å²) < 4.78 is 0. The molecule has 1 amide bonds. The van der Waals surface area contributed by atoms with E-state index in [9.17, 15) is 4.79 Å². The lowest BCUT2D eigenvalue weighted by atomic mass is 9.93. The molecule has 0 bridgehead atoms. The Kier molecular flexibility index (Phi) is 2.88. The quantitative estimate of drug-likeness (QED) is 0.812. The summed E-state index contributed by atoms with van der Waals surface area (Å²) in [5.74, 6) is 0.215. The van der Waals surface area contributed by atoms with Crippen molar-refractivity contribution in [2.24, 2.45) is 5.41 Å². The van der Waals surface area contributed by atoms with E-state index in [0.29, 0.717) is 6.54 Å². The molecule has 4 heteroatoms. The first-order valence-corrected chi connectivity index (χ1v) is 6.93. The molecule has 2 aliphatic rings. The molecule has 0 spiro atoms. The average molecular weight is 259 g/mol. The maximum Gasteiger partial charge on any atom is 0.246 e. The summed E-state index contributed by atoms with van der Waals surface area (Å²) in [5.41, 5.74) is 2.36. The molecule has 19 heavy (non-hydrogen) atoms. The van der Waals surface area contributed by atoms with Gasteiger partial charge >= 0.3 is 0 Å². The Labute approximate surface area is 114 Å². The van der Waals surface area contributed by atoms with E-state index >= 15 is 0 Å². The van der Waals surface area contributed by atoms with Crippen molar-refractivity contribution < 1.29 is 4.79 Å². The van der Waals surface area contributed by atoms with Crippen molar-refractivity contribution in [3.8, 4) is 0 Å². The summed E-state index contributed by atoms with van der Waals surface area (Å²) in [6, 6.07) is 7.87. The minimum Gasteiger partial charge on any atom is -0.381 e. The van der Waals surface area contributed by atoms with Crippen LogP contribution in [0.15, 0.2) is 24.3 Å². The zero-order valence-electron chi connectivity index (χ0n) is 11.6. The van der Waals surface area contributed by atoms with Crippen LogP contribution in [0.25, 0.3) is 0 Å². The Morgan fingerprint density at radius 1 is 1.32 bits per heavy atom. The second-order valence-corrected chi connectivity index (χ2v) is 6.30. The van der Waals surface area contributed by atoms with Crippen LogP contribution in [0, 0.1) is 5.41 Å². The second kappa shape index (κ2) is 4.44. The predicted molar refractivity (Wildman–Crippen MR) is 77.3 cm³/mol. The molecule has 1 aromatic rings. The van der Waals surface area contributed by atoms with E-state index in [1.807, 2.05) is 29.2 Å². The third-order valence-corrected chi connectivity index (χ3v) is 4.04. The number of fused-ring (bicyclic) bond motifs is 1. The van der Waals surface area contributed by atoms with Gasteiger partial charge in [0.1, 0.15) is 6.04 Å². The fraction of sp³-hybridized carbons (Fsp3) is 0.533. The molecule has 2 N–H and O–H groups in total. The lowest BCUT2D eigenvalue weighted by molar-refractivity contribution is -0.131. The fourth-order valence-corrected chi connectivity index (χ4v) is 2.88. The number of para-hydroxylation sites is 2. The van der Waals surface area contributed by atoms with Gasteiger partial charge in [0.15, 0.2) is 0 Å². The van der Waals surface area contributed by atoms with Crippen LogP contribution in [0.3, 0.4) is 0 Å². The molecule has 0 aromatic heterocycles. The molecule has 4 nitrogen and oxygen atoms in total. The highest BCUT2D eigenvalue weighted by molar-refractivity contribution is 5.88. The largest absolute Gasteiger partial charge is 0.381 e. The van der Waals surface area contributed by atoms with Crippen molar-refractivity contribution in [1.82, 2.24) is 4.90 Å². The second-order valence-electron chi connectivity index (χ2n) is 6.30. The Balaban J connectivity index is 1.70. The van der Waals surface area contributed by atoms with Crippen LogP contribution in [0.5, 0.6) is 0 Å². The summed E-state index contributed by atoms with van der Waals surface area (Å²) in [6.07, 6.45) is 1.09. The lowest BCUT2D eigenvalue weighted by Gasteiger charge is -2.31. The van der Waals surface area contributed by atoms with E-state index in [4.69, 9.17) is 0 Å². The molecule has 1 atom stereocenters. The van der Waals surface area contributed by atoms with Crippen molar-refractivity contribution in [2.75, 3.05) is 30.3 Å². The van der Waals surface area contributed by atoms with Crippen molar-refractivity contribution in [3.05, 3.63) is 24.3 Å². The van der Waals surface area contributed by atoms with Crippen LogP contribution < -0.4 is 10.6 Å². The molecule has 2 aliphatic heterocycles. The molecule has 1 saturated heterocycles. The van der Waals surface area contributed by atoms with Gasteiger partial charge in [-0.1, -0.05) is 26.0 Å². The molecule has 3 rings (SSSR count). The van der Waals surface area contributed by atoms with Crippen LogP contribution >= 0.6 is 0 Å². The van der Waals surface area contributed by atoms with Crippen LogP contribution in [0.2, 0.25) is 0 Å². The molecule has 1 aromatic carbocycles. The Morgan fingerprint density at radius 3 is 2.74 bits per heavy atom. The summed E-state index contributed by atoms with van der Waals surface area (Å²) >= 11 is 0. The van der Waals surface area contributed by atoms with Crippen molar-refractivity contribution >= 4 is 17.3 Å². The van der Waals surface area contributed by atoms with E-state index in [1.54, 1.807) is 0 Å². The van der Waals surface area contributed by atoms with Crippen molar-refractivity contribution in [3.63, 3.8) is 0 Å². The number of benzene rings is 1. The maximum absolute atomic E-state index is 12.5. The van der Waals surface area contributed by atoms with Gasteiger partial charge in [0.25, 0.3) is 0 Å². The number of likely N-dealkylation sites (tertiary alicyclic amines) is 1. The van der Waals surface area contributed by atoms with Gasteiger partial charge in [-0.05, 0) is 24.0 Å². The zero-order valence-corrected chi connectivity index (χ0v) is 11.6. The first-order chi connectivity index (χ1) is 9.05. The van der Waals surface area contributed by atoms with Crippen LogP contribution in [0.4, 0.5) is 11.4 Å². The van der Waals surface area contributed by atoms with Crippen molar-refractivity contribution in [1.29, 1.82) is 0 Å². The first-order valence-electron chi connectivity index (χ1n) is 6.93. The molecule has 1 fully saturated rings. The van der Waals surface area contributed by atoms with Gasteiger partial charge in [-0.25, -0.2) is 0 Å². The third kappa shape index (κ3) is 2.39. The topological polar surface area (TPSA) is 44.4 Å². The molecule has 102 valence electrons. The number of hydrogen-bond acceptors (Lipinski definition) is 3. The van der Waals surface area contributed by atoms with Gasteiger partial charge in [-0.2, -0.15) is 0 Å². The minimum absolute atomic E-state index is 0.149. The number of anilines is 2. The van der Waals surface area contributed by atoms with E-state index in [-0.39, 0.29) is 17.4 Å². The molecule has 2 heterocycles. The van der Waals surface area contributed by atoms with Crippen LogP contribution in [0.1, 0.15) is 20.3 Å². The zero-order chi connectivity index (χ0) is 13.5. The molecule has 1 unspecified atom stereocenters. The maximum atomic E-state index is 12.5. The van der Waals surface area contributed by atoms with Gasteiger partial charge in [-0.3, -0.25) is 4.79 Å². The molecular weight excluding hydrogens is 238 g/mol. The fourth-order valence-electron chi connectivity index (χ4n) is 2.88. The van der Waals surface area contributed by atoms with E-state index in [0.717, 1.165) is 30.9 Å². The van der Waals surface area contributed by atoms with Gasteiger partial charge in [0, 0.05) is 19.6 Å². The normalized spacial score (nSPS) is 24.3. The Hall–Kier alpha value is -1.71. The Bertz CT molecular complexity index is 498. The average Bonchev–Trinajstić information content (AvgIpc) is 2.78. The number of amides is 1. The number of nitrogens with zero attached hydrogens (tertiary/aromatic N) is 1. The minimum atomic E-state index is -0.149. The SMILES string of the molecule is CC1(C)CCN(C(=O)C2CNc3ccccc3N2)C1. The van der Waals surface area contributed by atoms with Gasteiger partial charge in [0.2, 0.25) is 5.91 Å². The number of nitrogens with one attached hydrogen (secondary N) is 2. The third-order valence-electron chi connectivity index (χ3n) is 4.04. The summed E-state index contributed by atoms with van der Waals surface area (Å²) in [7, 11) is 0. The summed E-state index contributed by atoms with van der Waals surface area (Å²) in [6.45, 7) is 6.86. The highest BCUT2D eigenvalue weighted by Crippen LogP contribution is 2.31. The van der Waals surface area contributed by atoms with Gasteiger partial charge in [0.05, 0.1) is 11.4 Å². The summed E-state index contributed by atoms with van der Waals surface area (Å²) in [5, 5.41) is 6.68. The molecule has 0 saturated carbocycles. The standard InChI is InChI=1S/C15H21N3O/c1-15(2)7-8-18(10-15)14(19)13-9-16-11-5-3-4-6-12(11)17-13/h3-6,13,16-17H,7-10H2,1-2H3. The highest BCUT2D eigenvalue weighted by Gasteiger charge is 2.35. The van der Waals surface area contributed by atoms with Crippen LogP contribution in [-0.2, 0) is 4.79 Å². The lowest BCUT2D eigenvalue weighted by Crippen LogP contribution is -2.47. The Morgan fingerprint density at radius 2 is 2.05 bits per heavy atom. The predicted octanol–water partition coefficient (Wildman–Crippen LogP) is 2.15. The number of hydrogen-bond donors (Lipinski definition) is 2. The molecule has 0 aliphatic carbocycles. The number of carbonyl (C=O) groups is 1.